The number of rotatable bonds is 6. The molecule has 0 radical (unpaired) electrons. The minimum absolute atomic E-state index is 0.133. The second-order valence-corrected chi connectivity index (χ2v) is 5.31. The second kappa shape index (κ2) is 7.78. The Morgan fingerprint density at radius 1 is 1.38 bits per heavy atom. The number of benzene rings is 1. The van der Waals surface area contributed by atoms with E-state index in [0.717, 1.165) is 18.4 Å². The van der Waals surface area contributed by atoms with Gasteiger partial charge in [0.25, 0.3) is 0 Å². The van der Waals surface area contributed by atoms with E-state index in [1.54, 1.807) is 0 Å². The highest BCUT2D eigenvalue weighted by molar-refractivity contribution is 5.83. The van der Waals surface area contributed by atoms with Gasteiger partial charge in [-0.15, -0.1) is 0 Å². The zero-order chi connectivity index (χ0) is 15.1. The van der Waals surface area contributed by atoms with Gasteiger partial charge in [-0.2, -0.15) is 0 Å². The first-order valence-electron chi connectivity index (χ1n) is 7.32. The maximum atomic E-state index is 11.5. The summed E-state index contributed by atoms with van der Waals surface area (Å²) in [6, 6.07) is 9.41. The SMILES string of the molecule is O=C(NCC[C@H](O)[C@H]1CCCC1=O)OCc1ccccc1. The van der Waals surface area contributed by atoms with Crippen LogP contribution in [0.2, 0.25) is 0 Å². The predicted octanol–water partition coefficient (Wildman–Crippen LogP) is 2.03. The van der Waals surface area contributed by atoms with Crippen molar-refractivity contribution in [3.63, 3.8) is 0 Å². The predicted molar refractivity (Wildman–Crippen MR) is 77.6 cm³/mol. The van der Waals surface area contributed by atoms with Crippen LogP contribution in [0.15, 0.2) is 30.3 Å². The second-order valence-electron chi connectivity index (χ2n) is 5.31. The molecule has 0 saturated heterocycles. The number of nitrogens with one attached hydrogen (secondary N) is 1. The number of aliphatic hydroxyl groups is 1. The summed E-state index contributed by atoms with van der Waals surface area (Å²) in [5.41, 5.74) is 0.921. The average Bonchev–Trinajstić information content (AvgIpc) is 2.92. The third-order valence-corrected chi connectivity index (χ3v) is 3.74. The van der Waals surface area contributed by atoms with Crippen molar-refractivity contribution in [3.8, 4) is 0 Å². The smallest absolute Gasteiger partial charge is 0.407 e. The highest BCUT2D eigenvalue weighted by Crippen LogP contribution is 2.25. The molecule has 0 bridgehead atoms. The number of aliphatic hydroxyl groups excluding tert-OH is 1. The molecule has 0 unspecified atom stereocenters. The van der Waals surface area contributed by atoms with Crippen LogP contribution in [0, 0.1) is 5.92 Å². The van der Waals surface area contributed by atoms with Gasteiger partial charge in [-0.1, -0.05) is 30.3 Å². The molecule has 114 valence electrons. The van der Waals surface area contributed by atoms with E-state index in [-0.39, 0.29) is 18.3 Å². The molecule has 1 amide bonds. The molecule has 1 saturated carbocycles. The van der Waals surface area contributed by atoms with Crippen molar-refractivity contribution >= 4 is 11.9 Å². The number of ether oxygens (including phenoxy) is 1. The van der Waals surface area contributed by atoms with E-state index in [1.807, 2.05) is 30.3 Å². The Hall–Kier alpha value is -1.88. The average molecular weight is 291 g/mol. The van der Waals surface area contributed by atoms with E-state index >= 15 is 0 Å². The van der Waals surface area contributed by atoms with Gasteiger partial charge < -0.3 is 15.2 Å². The van der Waals surface area contributed by atoms with Gasteiger partial charge in [0.2, 0.25) is 0 Å². The summed E-state index contributed by atoms with van der Waals surface area (Å²) >= 11 is 0. The first kappa shape index (κ1) is 15.5. The zero-order valence-corrected chi connectivity index (χ0v) is 12.0. The topological polar surface area (TPSA) is 75.6 Å². The van der Waals surface area contributed by atoms with E-state index < -0.39 is 12.2 Å². The highest BCUT2D eigenvalue weighted by atomic mass is 16.5. The first-order chi connectivity index (χ1) is 10.2. The van der Waals surface area contributed by atoms with E-state index in [1.165, 1.54) is 0 Å². The van der Waals surface area contributed by atoms with Crippen molar-refractivity contribution < 1.29 is 19.4 Å². The lowest BCUT2D eigenvalue weighted by Crippen LogP contribution is -2.31. The summed E-state index contributed by atoms with van der Waals surface area (Å²) in [5, 5.41) is 12.5. The molecule has 1 aromatic rings. The number of alkyl carbamates (subject to hydrolysis) is 1. The van der Waals surface area contributed by atoms with Crippen LogP contribution in [0.25, 0.3) is 0 Å². The van der Waals surface area contributed by atoms with E-state index in [4.69, 9.17) is 4.74 Å². The number of hydrogen-bond donors (Lipinski definition) is 2. The molecule has 1 fully saturated rings. The monoisotopic (exact) mass is 291 g/mol. The van der Waals surface area contributed by atoms with Crippen LogP contribution < -0.4 is 5.32 Å². The van der Waals surface area contributed by atoms with Crippen LogP contribution in [0.3, 0.4) is 0 Å². The summed E-state index contributed by atoms with van der Waals surface area (Å²) in [6.45, 7) is 0.523. The minimum atomic E-state index is -0.672. The molecule has 0 heterocycles. The molecule has 1 aliphatic rings. The quantitative estimate of drug-likeness (QED) is 0.841. The number of carbonyl (C=O) groups is 2. The van der Waals surface area contributed by atoms with Crippen molar-refractivity contribution in [2.45, 2.75) is 38.4 Å². The molecule has 2 atom stereocenters. The molecular weight excluding hydrogens is 270 g/mol. The number of ketones is 1. The van der Waals surface area contributed by atoms with E-state index in [0.29, 0.717) is 19.4 Å². The Morgan fingerprint density at radius 2 is 2.14 bits per heavy atom. The third kappa shape index (κ3) is 4.86. The Kier molecular flexibility index (Phi) is 5.75. The molecule has 21 heavy (non-hydrogen) atoms. The molecule has 1 aromatic carbocycles. The van der Waals surface area contributed by atoms with Gasteiger partial charge in [0.05, 0.1) is 6.10 Å². The fourth-order valence-electron chi connectivity index (χ4n) is 2.55. The van der Waals surface area contributed by atoms with Gasteiger partial charge in [0.15, 0.2) is 0 Å². The van der Waals surface area contributed by atoms with Crippen LogP contribution in [-0.2, 0) is 16.1 Å². The fraction of sp³-hybridized carbons (Fsp3) is 0.500. The summed E-state index contributed by atoms with van der Waals surface area (Å²) in [6.07, 6.45) is 1.36. The van der Waals surface area contributed by atoms with E-state index in [2.05, 4.69) is 5.32 Å². The maximum Gasteiger partial charge on any atom is 0.407 e. The van der Waals surface area contributed by atoms with Crippen LogP contribution in [0.4, 0.5) is 4.79 Å². The Morgan fingerprint density at radius 3 is 2.81 bits per heavy atom. The highest BCUT2D eigenvalue weighted by Gasteiger charge is 2.30. The van der Waals surface area contributed by atoms with Gasteiger partial charge in [0, 0.05) is 18.9 Å². The lowest BCUT2D eigenvalue weighted by molar-refractivity contribution is -0.123. The van der Waals surface area contributed by atoms with Gasteiger partial charge in [-0.3, -0.25) is 4.79 Å². The minimum Gasteiger partial charge on any atom is -0.445 e. The van der Waals surface area contributed by atoms with Crippen LogP contribution in [0.1, 0.15) is 31.2 Å². The largest absolute Gasteiger partial charge is 0.445 e. The number of carbonyl (C=O) groups excluding carboxylic acids is 2. The Balaban J connectivity index is 1.62. The van der Waals surface area contributed by atoms with E-state index in [9.17, 15) is 14.7 Å². The number of amides is 1. The molecule has 2 rings (SSSR count). The molecule has 5 nitrogen and oxygen atoms in total. The first-order valence-corrected chi connectivity index (χ1v) is 7.32. The van der Waals surface area contributed by atoms with Gasteiger partial charge in [0.1, 0.15) is 12.4 Å². The Bertz CT molecular complexity index is 474. The lowest BCUT2D eigenvalue weighted by atomic mass is 9.97. The Labute approximate surface area is 124 Å². The zero-order valence-electron chi connectivity index (χ0n) is 12.0. The number of Topliss-reactive ketones (excluding diaryl/α,β-unsaturated/α-hetero) is 1. The summed E-state index contributed by atoms with van der Waals surface area (Å²) in [5.74, 6) is -0.124. The summed E-state index contributed by atoms with van der Waals surface area (Å²) in [7, 11) is 0. The molecule has 5 heteroatoms. The number of hydrogen-bond acceptors (Lipinski definition) is 4. The normalized spacial score (nSPS) is 19.3. The van der Waals surface area contributed by atoms with Crippen molar-refractivity contribution in [3.05, 3.63) is 35.9 Å². The fourth-order valence-corrected chi connectivity index (χ4v) is 2.55. The molecule has 0 spiro atoms. The van der Waals surface area contributed by atoms with Crippen molar-refractivity contribution in [2.75, 3.05) is 6.54 Å². The molecule has 1 aliphatic carbocycles. The molecule has 0 aromatic heterocycles. The standard InChI is InChI=1S/C16H21NO4/c18-14-8-4-7-13(14)15(19)9-10-17-16(20)21-11-12-5-2-1-3-6-12/h1-3,5-6,13,15,19H,4,7-11H2,(H,17,20)/t13-,15-/m0/s1. The van der Waals surface area contributed by atoms with Crippen LogP contribution in [-0.4, -0.2) is 29.6 Å². The van der Waals surface area contributed by atoms with Gasteiger partial charge >= 0.3 is 6.09 Å². The maximum absolute atomic E-state index is 11.5. The van der Waals surface area contributed by atoms with Crippen LogP contribution >= 0.6 is 0 Å². The molecule has 2 N–H and O–H groups in total. The summed E-state index contributed by atoms with van der Waals surface area (Å²) in [4.78, 5) is 23.0. The lowest BCUT2D eigenvalue weighted by Gasteiger charge is -2.16. The van der Waals surface area contributed by atoms with Crippen LogP contribution in [0.5, 0.6) is 0 Å². The van der Waals surface area contributed by atoms with Gasteiger partial charge in [-0.25, -0.2) is 4.79 Å². The van der Waals surface area contributed by atoms with Crippen molar-refractivity contribution in [1.82, 2.24) is 5.32 Å². The summed E-state index contributed by atoms with van der Waals surface area (Å²) < 4.78 is 5.06. The third-order valence-electron chi connectivity index (χ3n) is 3.74. The molecular formula is C16H21NO4. The van der Waals surface area contributed by atoms with Crippen molar-refractivity contribution in [2.24, 2.45) is 5.92 Å². The molecule has 0 aliphatic heterocycles. The van der Waals surface area contributed by atoms with Gasteiger partial charge in [-0.05, 0) is 24.8 Å². The van der Waals surface area contributed by atoms with Crippen molar-refractivity contribution in [1.29, 1.82) is 0 Å².